The second-order valence-corrected chi connectivity index (χ2v) is 3.54. The van der Waals surface area contributed by atoms with Crippen molar-refractivity contribution in [2.75, 3.05) is 30.9 Å². The highest BCUT2D eigenvalue weighted by molar-refractivity contribution is 5.61. The van der Waals surface area contributed by atoms with Crippen LogP contribution in [0.25, 0.3) is 0 Å². The molecule has 100 valence electrons. The van der Waals surface area contributed by atoms with E-state index in [0.717, 1.165) is 0 Å². The molecular formula is C9H15N5O4. The standard InChI is InChI=1S/C9H15N5O4/c1-5-7(14(17)18)8(12-6(3-15)4-16)13-9(10-2)11-5/h6,15-16H,3-4H2,1-2H3,(H2,10,11,12,13). The summed E-state index contributed by atoms with van der Waals surface area (Å²) >= 11 is 0. The molecule has 0 aliphatic heterocycles. The van der Waals surface area contributed by atoms with Crippen molar-refractivity contribution in [2.45, 2.75) is 13.0 Å². The zero-order valence-corrected chi connectivity index (χ0v) is 10.0. The molecule has 0 unspecified atom stereocenters. The second kappa shape index (κ2) is 6.07. The lowest BCUT2D eigenvalue weighted by Crippen LogP contribution is -2.29. The van der Waals surface area contributed by atoms with E-state index in [1.165, 1.54) is 6.92 Å². The van der Waals surface area contributed by atoms with Gasteiger partial charge >= 0.3 is 5.69 Å². The highest BCUT2D eigenvalue weighted by atomic mass is 16.6. The van der Waals surface area contributed by atoms with E-state index in [9.17, 15) is 10.1 Å². The fourth-order valence-electron chi connectivity index (χ4n) is 1.34. The normalized spacial score (nSPS) is 10.5. The van der Waals surface area contributed by atoms with Gasteiger partial charge in [0, 0.05) is 7.05 Å². The van der Waals surface area contributed by atoms with Crippen molar-refractivity contribution in [3.8, 4) is 0 Å². The van der Waals surface area contributed by atoms with E-state index in [1.807, 2.05) is 0 Å². The van der Waals surface area contributed by atoms with Gasteiger partial charge in [-0.3, -0.25) is 10.1 Å². The van der Waals surface area contributed by atoms with Gasteiger partial charge in [-0.2, -0.15) is 4.98 Å². The number of aliphatic hydroxyl groups excluding tert-OH is 2. The lowest BCUT2D eigenvalue weighted by Gasteiger charge is -2.15. The number of aliphatic hydroxyl groups is 2. The number of nitrogens with zero attached hydrogens (tertiary/aromatic N) is 3. The van der Waals surface area contributed by atoms with Gasteiger partial charge in [0.1, 0.15) is 5.69 Å². The highest BCUT2D eigenvalue weighted by Crippen LogP contribution is 2.26. The van der Waals surface area contributed by atoms with Crippen molar-refractivity contribution >= 4 is 17.5 Å². The van der Waals surface area contributed by atoms with Gasteiger partial charge in [-0.15, -0.1) is 0 Å². The van der Waals surface area contributed by atoms with Crippen LogP contribution in [0.4, 0.5) is 17.5 Å². The van der Waals surface area contributed by atoms with E-state index < -0.39 is 11.0 Å². The SMILES string of the molecule is CNc1nc(C)c([N+](=O)[O-])c(NC(CO)CO)n1. The van der Waals surface area contributed by atoms with E-state index in [0.29, 0.717) is 0 Å². The summed E-state index contributed by atoms with van der Waals surface area (Å²) in [5, 5.41) is 34.1. The van der Waals surface area contributed by atoms with Crippen LogP contribution in [0, 0.1) is 17.0 Å². The molecule has 0 saturated heterocycles. The molecule has 0 aliphatic carbocycles. The molecule has 4 N–H and O–H groups in total. The summed E-state index contributed by atoms with van der Waals surface area (Å²) in [4.78, 5) is 18.1. The van der Waals surface area contributed by atoms with Crippen molar-refractivity contribution in [2.24, 2.45) is 0 Å². The third kappa shape index (κ3) is 3.02. The largest absolute Gasteiger partial charge is 0.394 e. The van der Waals surface area contributed by atoms with Gasteiger partial charge in [-0.25, -0.2) is 4.98 Å². The van der Waals surface area contributed by atoms with Crippen LogP contribution in [-0.4, -0.2) is 51.4 Å². The number of hydrogen-bond donors (Lipinski definition) is 4. The van der Waals surface area contributed by atoms with Gasteiger partial charge in [0.15, 0.2) is 0 Å². The van der Waals surface area contributed by atoms with Crippen molar-refractivity contribution in [1.82, 2.24) is 9.97 Å². The van der Waals surface area contributed by atoms with Crippen molar-refractivity contribution in [3.05, 3.63) is 15.8 Å². The Bertz CT molecular complexity index is 435. The first-order chi connectivity index (χ1) is 8.53. The Morgan fingerprint density at radius 2 is 2.00 bits per heavy atom. The van der Waals surface area contributed by atoms with Crippen LogP contribution >= 0.6 is 0 Å². The van der Waals surface area contributed by atoms with E-state index in [1.54, 1.807) is 7.05 Å². The zero-order chi connectivity index (χ0) is 13.7. The Morgan fingerprint density at radius 1 is 1.39 bits per heavy atom. The molecule has 0 aromatic carbocycles. The summed E-state index contributed by atoms with van der Waals surface area (Å²) in [6.07, 6.45) is 0. The number of nitro groups is 1. The number of hydrogen-bond acceptors (Lipinski definition) is 8. The molecule has 0 amide bonds. The Balaban J connectivity index is 3.20. The molecule has 9 heteroatoms. The maximum atomic E-state index is 10.9. The maximum absolute atomic E-state index is 10.9. The second-order valence-electron chi connectivity index (χ2n) is 3.54. The third-order valence-electron chi connectivity index (χ3n) is 2.25. The monoisotopic (exact) mass is 257 g/mol. The minimum atomic E-state index is -0.720. The first kappa shape index (κ1) is 14.1. The number of anilines is 2. The average Bonchev–Trinajstić information content (AvgIpc) is 2.34. The van der Waals surface area contributed by atoms with Crippen LogP contribution in [0.3, 0.4) is 0 Å². The smallest absolute Gasteiger partial charge is 0.332 e. The zero-order valence-electron chi connectivity index (χ0n) is 10.0. The molecule has 0 aliphatic rings. The predicted octanol–water partition coefficient (Wildman–Crippen LogP) is -0.500. The fourth-order valence-corrected chi connectivity index (χ4v) is 1.34. The van der Waals surface area contributed by atoms with E-state index in [2.05, 4.69) is 20.6 Å². The summed E-state index contributed by atoms with van der Waals surface area (Å²) in [5.74, 6) is 0.181. The molecule has 0 atom stereocenters. The summed E-state index contributed by atoms with van der Waals surface area (Å²) in [6.45, 7) is 0.746. The number of nitrogens with one attached hydrogen (secondary N) is 2. The van der Waals surface area contributed by atoms with Gasteiger partial charge < -0.3 is 20.8 Å². The van der Waals surface area contributed by atoms with Gasteiger partial charge in [-0.05, 0) is 6.92 Å². The van der Waals surface area contributed by atoms with Crippen LogP contribution in [0.2, 0.25) is 0 Å². The summed E-state index contributed by atoms with van der Waals surface area (Å²) in [6, 6.07) is -0.720. The highest BCUT2D eigenvalue weighted by Gasteiger charge is 2.23. The molecule has 0 spiro atoms. The summed E-state index contributed by atoms with van der Waals surface area (Å²) in [7, 11) is 1.58. The van der Waals surface area contributed by atoms with Crippen molar-refractivity contribution in [1.29, 1.82) is 0 Å². The minimum Gasteiger partial charge on any atom is -0.394 e. The lowest BCUT2D eigenvalue weighted by molar-refractivity contribution is -0.385. The number of rotatable bonds is 6. The molecule has 18 heavy (non-hydrogen) atoms. The Kier molecular flexibility index (Phi) is 4.75. The Labute approximate surface area is 103 Å². The van der Waals surface area contributed by atoms with Crippen LogP contribution < -0.4 is 10.6 Å². The van der Waals surface area contributed by atoms with Crippen LogP contribution in [0.1, 0.15) is 5.69 Å². The maximum Gasteiger partial charge on any atom is 0.332 e. The third-order valence-corrected chi connectivity index (χ3v) is 2.25. The predicted molar refractivity (Wildman–Crippen MR) is 64.6 cm³/mol. The van der Waals surface area contributed by atoms with Crippen LogP contribution in [0.5, 0.6) is 0 Å². The van der Waals surface area contributed by atoms with Crippen molar-refractivity contribution in [3.63, 3.8) is 0 Å². The summed E-state index contributed by atoms with van der Waals surface area (Å²) < 4.78 is 0. The van der Waals surface area contributed by atoms with Gasteiger partial charge in [-0.1, -0.05) is 0 Å². The quantitative estimate of drug-likeness (QED) is 0.396. The van der Waals surface area contributed by atoms with Gasteiger partial charge in [0.05, 0.1) is 24.2 Å². The molecule has 1 aromatic heterocycles. The molecule has 0 bridgehead atoms. The first-order valence-corrected chi connectivity index (χ1v) is 5.22. The lowest BCUT2D eigenvalue weighted by atomic mass is 10.3. The average molecular weight is 257 g/mol. The topological polar surface area (TPSA) is 133 Å². The van der Waals surface area contributed by atoms with Crippen LogP contribution in [0.15, 0.2) is 0 Å². The molecule has 0 saturated carbocycles. The molecule has 9 nitrogen and oxygen atoms in total. The molecule has 0 fully saturated rings. The minimum absolute atomic E-state index is 0.0371. The fraction of sp³-hybridized carbons (Fsp3) is 0.556. The van der Waals surface area contributed by atoms with Gasteiger partial charge in [0.2, 0.25) is 11.8 Å². The molecule has 1 heterocycles. The van der Waals surface area contributed by atoms with Crippen LogP contribution in [-0.2, 0) is 0 Å². The van der Waals surface area contributed by atoms with E-state index in [-0.39, 0.29) is 36.4 Å². The Morgan fingerprint density at radius 3 is 2.44 bits per heavy atom. The molecular weight excluding hydrogens is 242 g/mol. The van der Waals surface area contributed by atoms with E-state index >= 15 is 0 Å². The summed E-state index contributed by atoms with van der Waals surface area (Å²) in [5.41, 5.74) is -0.0858. The Hall–Kier alpha value is -2.00. The molecule has 1 rings (SSSR count). The van der Waals surface area contributed by atoms with Crippen molar-refractivity contribution < 1.29 is 15.1 Å². The van der Waals surface area contributed by atoms with E-state index in [4.69, 9.17) is 10.2 Å². The molecule has 0 radical (unpaired) electrons. The molecule has 1 aromatic rings. The number of aryl methyl sites for hydroxylation is 1. The number of aromatic nitrogens is 2. The first-order valence-electron chi connectivity index (χ1n) is 5.22. The van der Waals surface area contributed by atoms with Gasteiger partial charge in [0.25, 0.3) is 0 Å².